The summed E-state index contributed by atoms with van der Waals surface area (Å²) in [5.41, 5.74) is 0. The Morgan fingerprint density at radius 1 is 1.53 bits per heavy atom. The van der Waals surface area contributed by atoms with Crippen LogP contribution in [-0.4, -0.2) is 22.2 Å². The molecule has 2 aromatic rings. The van der Waals surface area contributed by atoms with Gasteiger partial charge in [-0.1, -0.05) is 6.07 Å². The van der Waals surface area contributed by atoms with Crippen molar-refractivity contribution in [2.24, 2.45) is 0 Å². The molecule has 0 saturated heterocycles. The number of hydrogen-bond acceptors (Lipinski definition) is 5. The summed E-state index contributed by atoms with van der Waals surface area (Å²) in [4.78, 5) is 7.33. The molecule has 0 N–H and O–H groups in total. The van der Waals surface area contributed by atoms with Crippen LogP contribution in [0, 0.1) is 0 Å². The topological polar surface area (TPSA) is 41.9 Å². The van der Waals surface area contributed by atoms with Gasteiger partial charge in [0, 0.05) is 11.9 Å². The molecule has 78 valence electrons. The Morgan fingerprint density at radius 2 is 2.40 bits per heavy atom. The molecule has 0 aliphatic rings. The number of nitrogens with zero attached hydrogens (tertiary/aromatic N) is 4. The van der Waals surface area contributed by atoms with Gasteiger partial charge in [0.2, 0.25) is 5.28 Å². The number of hydrogen-bond donors (Lipinski definition) is 0. The van der Waals surface area contributed by atoms with E-state index in [0.29, 0.717) is 0 Å². The van der Waals surface area contributed by atoms with Crippen LogP contribution in [0.2, 0.25) is 5.28 Å². The van der Waals surface area contributed by atoms with Crippen LogP contribution in [0.4, 0.5) is 5.82 Å². The standard InChI is InChI=1S/C9H9ClN4S/c1-14(6-7-3-2-4-15-7)8-5-11-13-9(10)12-8/h2-5H,6H2,1H3. The van der Waals surface area contributed by atoms with Crippen molar-refractivity contribution < 1.29 is 0 Å². The molecule has 2 rings (SSSR count). The highest BCUT2D eigenvalue weighted by atomic mass is 35.5. The van der Waals surface area contributed by atoms with Gasteiger partial charge in [0.05, 0.1) is 12.7 Å². The second-order valence-corrected chi connectivity index (χ2v) is 4.39. The Hall–Kier alpha value is -1.20. The first kappa shape index (κ1) is 10.3. The molecule has 0 amide bonds. The van der Waals surface area contributed by atoms with E-state index in [0.717, 1.165) is 12.4 Å². The molecule has 0 aromatic carbocycles. The molecular weight excluding hydrogens is 232 g/mol. The van der Waals surface area contributed by atoms with Crippen molar-refractivity contribution in [3.05, 3.63) is 33.9 Å². The van der Waals surface area contributed by atoms with E-state index in [9.17, 15) is 0 Å². The van der Waals surface area contributed by atoms with Crippen LogP contribution in [0.25, 0.3) is 0 Å². The second-order valence-electron chi connectivity index (χ2n) is 3.02. The van der Waals surface area contributed by atoms with Gasteiger partial charge in [-0.15, -0.1) is 16.4 Å². The summed E-state index contributed by atoms with van der Waals surface area (Å²) in [6, 6.07) is 4.11. The minimum Gasteiger partial charge on any atom is -0.353 e. The van der Waals surface area contributed by atoms with Gasteiger partial charge < -0.3 is 4.90 Å². The Morgan fingerprint density at radius 3 is 3.07 bits per heavy atom. The van der Waals surface area contributed by atoms with Gasteiger partial charge >= 0.3 is 0 Å². The van der Waals surface area contributed by atoms with Crippen molar-refractivity contribution in [1.29, 1.82) is 0 Å². The first-order valence-electron chi connectivity index (χ1n) is 4.34. The SMILES string of the molecule is CN(Cc1cccs1)c1cnnc(Cl)n1. The second kappa shape index (κ2) is 4.55. The van der Waals surface area contributed by atoms with Crippen LogP contribution in [0.1, 0.15) is 4.88 Å². The smallest absolute Gasteiger partial charge is 0.244 e. The molecule has 0 aliphatic heterocycles. The van der Waals surface area contributed by atoms with E-state index >= 15 is 0 Å². The lowest BCUT2D eigenvalue weighted by Crippen LogP contribution is -2.17. The third kappa shape index (κ3) is 2.64. The minimum atomic E-state index is 0.172. The molecule has 2 aromatic heterocycles. The van der Waals surface area contributed by atoms with E-state index < -0.39 is 0 Å². The van der Waals surface area contributed by atoms with Gasteiger partial charge in [0.15, 0.2) is 5.82 Å². The first-order chi connectivity index (χ1) is 7.25. The van der Waals surface area contributed by atoms with Crippen molar-refractivity contribution in [1.82, 2.24) is 15.2 Å². The van der Waals surface area contributed by atoms with Gasteiger partial charge in [0.25, 0.3) is 0 Å². The van der Waals surface area contributed by atoms with Crippen molar-refractivity contribution in [3.63, 3.8) is 0 Å². The molecule has 0 spiro atoms. The molecule has 0 unspecified atom stereocenters. The fourth-order valence-electron chi connectivity index (χ4n) is 1.18. The lowest BCUT2D eigenvalue weighted by Gasteiger charge is -2.15. The minimum absolute atomic E-state index is 0.172. The highest BCUT2D eigenvalue weighted by Gasteiger charge is 2.05. The zero-order valence-electron chi connectivity index (χ0n) is 8.09. The van der Waals surface area contributed by atoms with Crippen LogP contribution >= 0.6 is 22.9 Å². The maximum absolute atomic E-state index is 5.66. The van der Waals surface area contributed by atoms with Crippen LogP contribution < -0.4 is 4.90 Å². The fraction of sp³-hybridized carbons (Fsp3) is 0.222. The largest absolute Gasteiger partial charge is 0.353 e. The monoisotopic (exact) mass is 240 g/mol. The lowest BCUT2D eigenvalue weighted by atomic mass is 10.4. The summed E-state index contributed by atoms with van der Waals surface area (Å²) in [6.45, 7) is 0.798. The normalized spacial score (nSPS) is 10.3. The Labute approximate surface area is 96.5 Å². The predicted molar refractivity (Wildman–Crippen MR) is 61.3 cm³/mol. The van der Waals surface area contributed by atoms with Gasteiger partial charge in [-0.2, -0.15) is 10.1 Å². The summed E-state index contributed by atoms with van der Waals surface area (Å²) in [6.07, 6.45) is 1.60. The van der Waals surface area contributed by atoms with Crippen molar-refractivity contribution in [2.45, 2.75) is 6.54 Å². The highest BCUT2D eigenvalue weighted by molar-refractivity contribution is 7.09. The number of aromatic nitrogens is 3. The average Bonchev–Trinajstić information content (AvgIpc) is 2.70. The van der Waals surface area contributed by atoms with Crippen molar-refractivity contribution >= 4 is 28.8 Å². The molecular formula is C9H9ClN4S. The number of halogens is 1. The number of anilines is 1. The van der Waals surface area contributed by atoms with E-state index in [1.165, 1.54) is 4.88 Å². The molecule has 0 radical (unpaired) electrons. The fourth-order valence-corrected chi connectivity index (χ4v) is 2.06. The quantitative estimate of drug-likeness (QED) is 0.825. The van der Waals surface area contributed by atoms with Gasteiger partial charge in [-0.05, 0) is 23.0 Å². The summed E-state index contributed by atoms with van der Waals surface area (Å²) >= 11 is 7.37. The zero-order chi connectivity index (χ0) is 10.7. The summed E-state index contributed by atoms with van der Waals surface area (Å²) in [5.74, 6) is 0.725. The van der Waals surface area contributed by atoms with Crippen molar-refractivity contribution in [2.75, 3.05) is 11.9 Å². The molecule has 0 saturated carbocycles. The summed E-state index contributed by atoms with van der Waals surface area (Å²) in [7, 11) is 1.94. The Bertz CT molecular complexity index is 431. The van der Waals surface area contributed by atoms with Crippen molar-refractivity contribution in [3.8, 4) is 0 Å². The molecule has 0 aliphatic carbocycles. The van der Waals surface area contributed by atoms with Crippen LogP contribution in [0.3, 0.4) is 0 Å². The van der Waals surface area contributed by atoms with E-state index in [1.807, 2.05) is 23.4 Å². The zero-order valence-corrected chi connectivity index (χ0v) is 9.66. The maximum Gasteiger partial charge on any atom is 0.244 e. The third-order valence-corrected chi connectivity index (χ3v) is 2.91. The van der Waals surface area contributed by atoms with E-state index in [1.54, 1.807) is 17.5 Å². The van der Waals surface area contributed by atoms with Gasteiger partial charge in [0.1, 0.15) is 0 Å². The number of thiophene rings is 1. The van der Waals surface area contributed by atoms with Crippen LogP contribution in [0.5, 0.6) is 0 Å². The van der Waals surface area contributed by atoms with E-state index in [2.05, 4.69) is 21.2 Å². The molecule has 0 atom stereocenters. The van der Waals surface area contributed by atoms with E-state index in [4.69, 9.17) is 11.6 Å². The summed E-state index contributed by atoms with van der Waals surface area (Å²) < 4.78 is 0. The molecule has 2 heterocycles. The van der Waals surface area contributed by atoms with E-state index in [-0.39, 0.29) is 5.28 Å². The molecule has 0 bridgehead atoms. The Balaban J connectivity index is 2.11. The molecule has 0 fully saturated rings. The Kier molecular flexibility index (Phi) is 3.13. The maximum atomic E-state index is 5.66. The van der Waals surface area contributed by atoms with Crippen LogP contribution in [0.15, 0.2) is 23.7 Å². The third-order valence-electron chi connectivity index (χ3n) is 1.88. The number of rotatable bonds is 3. The summed E-state index contributed by atoms with van der Waals surface area (Å²) in [5, 5.41) is 9.57. The lowest BCUT2D eigenvalue weighted by molar-refractivity contribution is 0.871. The molecule has 6 heteroatoms. The predicted octanol–water partition coefficient (Wildman–Crippen LogP) is 2.22. The average molecular weight is 241 g/mol. The molecule has 4 nitrogen and oxygen atoms in total. The van der Waals surface area contributed by atoms with Gasteiger partial charge in [-0.25, -0.2) is 0 Å². The highest BCUT2D eigenvalue weighted by Crippen LogP contribution is 2.15. The van der Waals surface area contributed by atoms with Gasteiger partial charge in [-0.3, -0.25) is 0 Å². The van der Waals surface area contributed by atoms with Crippen LogP contribution in [-0.2, 0) is 6.54 Å². The first-order valence-corrected chi connectivity index (χ1v) is 5.60. The molecule has 15 heavy (non-hydrogen) atoms.